The molecule has 10 unspecified atom stereocenters. The molecule has 16 heteroatoms. The Kier molecular flexibility index (Phi) is 21.1. The maximum absolute atomic E-state index is 14.2. The van der Waals surface area contributed by atoms with Gasteiger partial charge in [-0.1, -0.05) is 85.2 Å². The zero-order valence-electron chi connectivity index (χ0n) is 36.8. The van der Waals surface area contributed by atoms with Gasteiger partial charge in [-0.3, -0.25) is 29.4 Å². The van der Waals surface area contributed by atoms with Crippen LogP contribution >= 0.6 is 0 Å². The molecule has 2 rings (SSSR count). The lowest BCUT2D eigenvalue weighted by Gasteiger charge is -2.40. The van der Waals surface area contributed by atoms with Crippen molar-refractivity contribution in [1.29, 1.82) is 0 Å². The summed E-state index contributed by atoms with van der Waals surface area (Å²) in [5, 5.41) is 17.0. The number of methoxy groups -OCH3 is 2. The highest BCUT2D eigenvalue weighted by Crippen LogP contribution is 2.30. The molecule has 10 atom stereocenters. The highest BCUT2D eigenvalue weighted by molar-refractivity contribution is 5.81. The molecule has 1 aliphatic heterocycles. The number of carbonyl (C=O) groups is 5. The molecule has 1 heterocycles. The molecule has 1 fully saturated rings. The second-order valence-electron chi connectivity index (χ2n) is 16.2. The number of nitrogens with zero attached hydrogens (tertiary/aromatic N) is 3. The molecule has 58 heavy (non-hydrogen) atoms. The molecule has 0 aromatic heterocycles. The van der Waals surface area contributed by atoms with Gasteiger partial charge in [-0.25, -0.2) is 4.79 Å². The second-order valence-corrected chi connectivity index (χ2v) is 16.2. The molecule has 0 spiro atoms. The summed E-state index contributed by atoms with van der Waals surface area (Å²) in [6.45, 7) is 14.8. The first kappa shape index (κ1) is 50.3. The number of likely N-dealkylation sites (tertiary alicyclic amines) is 1. The number of likely N-dealkylation sites (N-methyl/N-ethyl adjacent to an activating group) is 1. The minimum Gasteiger partial charge on any atom is -0.424 e. The monoisotopic (exact) mass is 821 g/mol. The summed E-state index contributed by atoms with van der Waals surface area (Å²) >= 11 is 0. The van der Waals surface area contributed by atoms with Gasteiger partial charge < -0.3 is 44.9 Å². The lowest BCUT2D eigenvalue weighted by Crippen LogP contribution is -2.56. The SMILES string of the molecule is CCC(C)C(C(CC(=O)N1CCCC1C(OC)C(C)C(=O)NC(C)C(O)c1ccccc1)OC)N(C)C(=O)CNC(C(C)C)N(C)C(=O)OC(OC(=O)CN)C(C)C. The maximum Gasteiger partial charge on any atom is 0.413 e. The van der Waals surface area contributed by atoms with Gasteiger partial charge in [-0.15, -0.1) is 0 Å². The van der Waals surface area contributed by atoms with Crippen molar-refractivity contribution >= 4 is 29.8 Å². The summed E-state index contributed by atoms with van der Waals surface area (Å²) in [5.41, 5.74) is 6.07. The second kappa shape index (κ2) is 24.3. The van der Waals surface area contributed by atoms with E-state index >= 15 is 0 Å². The van der Waals surface area contributed by atoms with Crippen LogP contribution in [-0.2, 0) is 38.1 Å². The van der Waals surface area contributed by atoms with E-state index in [1.807, 2.05) is 45.9 Å². The van der Waals surface area contributed by atoms with E-state index in [0.29, 0.717) is 24.9 Å². The van der Waals surface area contributed by atoms with Gasteiger partial charge >= 0.3 is 12.1 Å². The highest BCUT2D eigenvalue weighted by atomic mass is 16.7. The summed E-state index contributed by atoms with van der Waals surface area (Å²) in [5.74, 6) is -2.57. The normalized spacial score (nSPS) is 19.0. The lowest BCUT2D eigenvalue weighted by molar-refractivity contribution is -0.175. The molecule has 1 aliphatic rings. The molecule has 1 aromatic carbocycles. The van der Waals surface area contributed by atoms with Gasteiger partial charge in [0.05, 0.1) is 68.0 Å². The maximum atomic E-state index is 14.2. The zero-order chi connectivity index (χ0) is 43.9. The number of ether oxygens (including phenoxy) is 4. The number of amides is 4. The van der Waals surface area contributed by atoms with Gasteiger partial charge in [0, 0.05) is 40.8 Å². The van der Waals surface area contributed by atoms with Gasteiger partial charge in [0.2, 0.25) is 17.7 Å². The Morgan fingerprint density at radius 3 is 2.10 bits per heavy atom. The fourth-order valence-corrected chi connectivity index (χ4v) is 7.61. The number of benzene rings is 1. The molecule has 16 nitrogen and oxygen atoms in total. The Balaban J connectivity index is 2.16. The minimum absolute atomic E-state index is 0.000680. The number of nitrogens with two attached hydrogens (primary N) is 1. The topological polar surface area (TPSA) is 202 Å². The number of esters is 1. The number of nitrogens with one attached hydrogen (secondary N) is 2. The average molecular weight is 821 g/mol. The lowest BCUT2D eigenvalue weighted by atomic mass is 9.90. The number of hydrogen-bond donors (Lipinski definition) is 4. The molecule has 5 N–H and O–H groups in total. The minimum atomic E-state index is -1.13. The fraction of sp³-hybridized carbons (Fsp3) is 0.738. The van der Waals surface area contributed by atoms with Crippen molar-refractivity contribution in [2.45, 2.75) is 130 Å². The van der Waals surface area contributed by atoms with Gasteiger partial charge in [-0.2, -0.15) is 0 Å². The van der Waals surface area contributed by atoms with E-state index in [1.54, 1.807) is 56.7 Å². The predicted octanol–water partition coefficient (Wildman–Crippen LogP) is 3.27. The molecule has 1 aromatic rings. The predicted molar refractivity (Wildman–Crippen MR) is 220 cm³/mol. The van der Waals surface area contributed by atoms with E-state index in [1.165, 1.54) is 26.2 Å². The van der Waals surface area contributed by atoms with Crippen molar-refractivity contribution in [1.82, 2.24) is 25.3 Å². The number of hydrogen-bond acceptors (Lipinski definition) is 12. The molecular formula is C42H72N6O10. The summed E-state index contributed by atoms with van der Waals surface area (Å²) in [4.78, 5) is 71.2. The van der Waals surface area contributed by atoms with E-state index in [0.717, 1.165) is 6.42 Å². The zero-order valence-corrected chi connectivity index (χ0v) is 36.8. The average Bonchev–Trinajstić information content (AvgIpc) is 3.69. The molecule has 0 radical (unpaired) electrons. The Hall–Kier alpha value is -3.83. The summed E-state index contributed by atoms with van der Waals surface area (Å²) in [6, 6.07) is 7.73. The first-order valence-electron chi connectivity index (χ1n) is 20.5. The summed E-state index contributed by atoms with van der Waals surface area (Å²) < 4.78 is 22.6. The Morgan fingerprint density at radius 2 is 1.57 bits per heavy atom. The van der Waals surface area contributed by atoms with E-state index < -0.39 is 60.8 Å². The summed E-state index contributed by atoms with van der Waals surface area (Å²) in [7, 11) is 6.30. The van der Waals surface area contributed by atoms with Crippen molar-refractivity contribution in [3.63, 3.8) is 0 Å². The van der Waals surface area contributed by atoms with Gasteiger partial charge in [0.15, 0.2) is 0 Å². The van der Waals surface area contributed by atoms with Gasteiger partial charge in [0.1, 0.15) is 0 Å². The van der Waals surface area contributed by atoms with Crippen LogP contribution in [0.2, 0.25) is 0 Å². The first-order chi connectivity index (χ1) is 27.3. The van der Waals surface area contributed by atoms with Crippen LogP contribution in [0, 0.1) is 23.7 Å². The Labute approximate surface area is 345 Å². The van der Waals surface area contributed by atoms with Gasteiger partial charge in [0.25, 0.3) is 6.29 Å². The molecule has 330 valence electrons. The van der Waals surface area contributed by atoms with Gasteiger partial charge in [-0.05, 0) is 37.2 Å². The molecule has 0 saturated carbocycles. The van der Waals surface area contributed by atoms with E-state index in [4.69, 9.17) is 24.7 Å². The third-order valence-corrected chi connectivity index (χ3v) is 11.3. The molecule has 4 amide bonds. The van der Waals surface area contributed by atoms with Crippen LogP contribution in [0.3, 0.4) is 0 Å². The number of rotatable bonds is 23. The largest absolute Gasteiger partial charge is 0.424 e. The first-order valence-corrected chi connectivity index (χ1v) is 20.5. The third kappa shape index (κ3) is 13.9. The van der Waals surface area contributed by atoms with Crippen molar-refractivity contribution in [2.75, 3.05) is 47.9 Å². The van der Waals surface area contributed by atoms with Crippen LogP contribution in [0.5, 0.6) is 0 Å². The van der Waals surface area contributed by atoms with E-state index in [-0.39, 0.29) is 61.0 Å². The Bertz CT molecular complexity index is 1450. The van der Waals surface area contributed by atoms with E-state index in [2.05, 4.69) is 10.6 Å². The summed E-state index contributed by atoms with van der Waals surface area (Å²) in [6.07, 6.45) is -2.55. The quantitative estimate of drug-likeness (QED) is 0.0929. The fourth-order valence-electron chi connectivity index (χ4n) is 7.61. The number of aliphatic hydroxyl groups excluding tert-OH is 1. The smallest absolute Gasteiger partial charge is 0.413 e. The number of carbonyl (C=O) groups excluding carboxylic acids is 5. The van der Waals surface area contributed by atoms with Crippen LogP contribution < -0.4 is 16.4 Å². The molecule has 0 bridgehead atoms. The molecule has 1 saturated heterocycles. The third-order valence-electron chi connectivity index (χ3n) is 11.3. The van der Waals surface area contributed by atoms with E-state index in [9.17, 15) is 29.1 Å². The standard InChI is InChI=1S/C42H72N6O10/c1-13-27(6)36(46(9)34(50)24-44-39(25(2)3)47(10)42(54)58-41(26(4)5)57-35(51)23-43)32(55-11)22-33(49)48-21-17-20-31(48)38(56-12)28(7)40(53)45-29(8)37(52)30-18-15-14-16-19-30/h14-16,18-19,25-29,31-32,36-39,41,44,52H,13,17,20-24,43H2,1-12H3,(H,45,53). The molecular weight excluding hydrogens is 748 g/mol. The number of aliphatic hydroxyl groups is 1. The van der Waals surface area contributed by atoms with Crippen molar-refractivity contribution in [3.8, 4) is 0 Å². The van der Waals surface area contributed by atoms with Crippen molar-refractivity contribution < 1.29 is 48.0 Å². The van der Waals surface area contributed by atoms with Crippen molar-refractivity contribution in [3.05, 3.63) is 35.9 Å². The molecule has 0 aliphatic carbocycles. The van der Waals surface area contributed by atoms with Crippen LogP contribution in [-0.4, -0.2) is 140 Å². The van der Waals surface area contributed by atoms with Crippen LogP contribution in [0.4, 0.5) is 4.79 Å². The highest BCUT2D eigenvalue weighted by Gasteiger charge is 2.42. The Morgan fingerprint density at radius 1 is 0.931 bits per heavy atom. The van der Waals surface area contributed by atoms with Crippen LogP contribution in [0.25, 0.3) is 0 Å². The van der Waals surface area contributed by atoms with Crippen molar-refractivity contribution in [2.24, 2.45) is 29.4 Å². The van der Waals surface area contributed by atoms with Crippen LogP contribution in [0.1, 0.15) is 92.7 Å². The van der Waals surface area contributed by atoms with Crippen LogP contribution in [0.15, 0.2) is 30.3 Å².